The quantitative estimate of drug-likeness (QED) is 0.937. The highest BCUT2D eigenvalue weighted by Crippen LogP contribution is 2.14. The van der Waals surface area contributed by atoms with Crippen LogP contribution in [0.2, 0.25) is 4.47 Å². The molecule has 0 spiro atoms. The Labute approximate surface area is 114 Å². The second-order valence-corrected chi connectivity index (χ2v) is 5.35. The third-order valence-corrected chi connectivity index (χ3v) is 3.55. The molecule has 1 heterocycles. The number of amides is 1. The lowest BCUT2D eigenvalue weighted by Gasteiger charge is -2.05. The Hall–Kier alpha value is -1.46. The molecular formula is C12H12ClN3OS. The van der Waals surface area contributed by atoms with Crippen LogP contribution in [0.15, 0.2) is 24.3 Å². The summed E-state index contributed by atoms with van der Waals surface area (Å²) in [6.07, 6.45) is 0.797. The number of aromatic nitrogens is 2. The van der Waals surface area contributed by atoms with Crippen molar-refractivity contribution in [1.29, 1.82) is 0 Å². The minimum absolute atomic E-state index is 0.229. The Bertz CT molecular complexity index is 556. The van der Waals surface area contributed by atoms with Crippen LogP contribution >= 0.6 is 22.9 Å². The van der Waals surface area contributed by atoms with E-state index in [1.165, 1.54) is 11.1 Å². The van der Waals surface area contributed by atoms with Crippen molar-refractivity contribution in [2.45, 2.75) is 13.3 Å². The summed E-state index contributed by atoms with van der Waals surface area (Å²) in [5, 5.41) is 10.4. The van der Waals surface area contributed by atoms with Gasteiger partial charge >= 0.3 is 0 Å². The fourth-order valence-electron chi connectivity index (χ4n) is 1.57. The number of hydrogen-bond donors (Lipinski definition) is 1. The highest BCUT2D eigenvalue weighted by Gasteiger charge is 2.11. The molecule has 18 heavy (non-hydrogen) atoms. The van der Waals surface area contributed by atoms with Gasteiger partial charge in [-0.1, -0.05) is 35.6 Å². The predicted octanol–water partition coefficient (Wildman–Crippen LogP) is 2.47. The summed E-state index contributed by atoms with van der Waals surface area (Å²) in [7, 11) is 0. The van der Waals surface area contributed by atoms with Gasteiger partial charge in [0.2, 0.25) is 9.47 Å². The van der Waals surface area contributed by atoms with Gasteiger partial charge < -0.3 is 5.32 Å². The number of halogens is 1. The molecule has 1 aromatic carbocycles. The van der Waals surface area contributed by atoms with Gasteiger partial charge in [0.05, 0.1) is 0 Å². The molecule has 0 fully saturated rings. The van der Waals surface area contributed by atoms with Crippen molar-refractivity contribution in [2.75, 3.05) is 6.54 Å². The summed E-state index contributed by atoms with van der Waals surface area (Å²) in [6.45, 7) is 2.63. The average molecular weight is 282 g/mol. The van der Waals surface area contributed by atoms with Gasteiger partial charge in [-0.05, 0) is 36.1 Å². The lowest BCUT2D eigenvalue weighted by Crippen LogP contribution is -2.25. The van der Waals surface area contributed by atoms with Crippen LogP contribution in [0.25, 0.3) is 0 Å². The van der Waals surface area contributed by atoms with Crippen LogP contribution < -0.4 is 5.32 Å². The molecule has 1 aromatic heterocycles. The smallest absolute Gasteiger partial charge is 0.282 e. The molecule has 0 aliphatic heterocycles. The molecule has 94 valence electrons. The predicted molar refractivity (Wildman–Crippen MR) is 72.1 cm³/mol. The molecule has 0 aliphatic carbocycles. The minimum Gasteiger partial charge on any atom is -0.350 e. The Kier molecular flexibility index (Phi) is 4.28. The Balaban J connectivity index is 1.86. The second-order valence-electron chi connectivity index (χ2n) is 3.79. The molecule has 2 rings (SSSR count). The van der Waals surface area contributed by atoms with Gasteiger partial charge in [0, 0.05) is 6.54 Å². The number of rotatable bonds is 4. The number of benzene rings is 1. The first kappa shape index (κ1) is 13.0. The van der Waals surface area contributed by atoms with E-state index in [0.29, 0.717) is 11.6 Å². The summed E-state index contributed by atoms with van der Waals surface area (Å²) in [4.78, 5) is 11.7. The third kappa shape index (κ3) is 3.27. The molecular weight excluding hydrogens is 270 g/mol. The monoisotopic (exact) mass is 281 g/mol. The molecule has 0 bridgehead atoms. The lowest BCUT2D eigenvalue weighted by molar-refractivity contribution is 0.0953. The molecule has 0 aliphatic rings. The molecule has 2 aromatic rings. The van der Waals surface area contributed by atoms with Gasteiger partial charge in [0.15, 0.2) is 0 Å². The van der Waals surface area contributed by atoms with Gasteiger partial charge in [-0.15, -0.1) is 10.2 Å². The van der Waals surface area contributed by atoms with Gasteiger partial charge in [0.25, 0.3) is 5.91 Å². The molecule has 0 saturated heterocycles. The van der Waals surface area contributed by atoms with Gasteiger partial charge in [-0.25, -0.2) is 0 Å². The Morgan fingerprint density at radius 1 is 1.39 bits per heavy atom. The minimum atomic E-state index is -0.229. The van der Waals surface area contributed by atoms with Gasteiger partial charge in [0.1, 0.15) is 0 Å². The van der Waals surface area contributed by atoms with Crippen molar-refractivity contribution >= 4 is 28.8 Å². The molecule has 0 radical (unpaired) electrons. The van der Waals surface area contributed by atoms with E-state index in [2.05, 4.69) is 34.6 Å². The van der Waals surface area contributed by atoms with Crippen LogP contribution in [0.5, 0.6) is 0 Å². The standard InChI is InChI=1S/C12H12ClN3OS/c1-8-4-2-3-5-9(8)6-7-14-10(17)11-15-16-12(13)18-11/h2-5H,6-7H2,1H3,(H,14,17). The van der Waals surface area contributed by atoms with E-state index < -0.39 is 0 Å². The summed E-state index contributed by atoms with van der Waals surface area (Å²) >= 11 is 6.70. The zero-order valence-electron chi connectivity index (χ0n) is 9.81. The molecule has 6 heteroatoms. The van der Waals surface area contributed by atoms with Crippen molar-refractivity contribution in [3.63, 3.8) is 0 Å². The van der Waals surface area contributed by atoms with Crippen LogP contribution in [0.1, 0.15) is 20.9 Å². The number of nitrogens with one attached hydrogen (secondary N) is 1. The van der Waals surface area contributed by atoms with Crippen molar-refractivity contribution in [3.05, 3.63) is 44.9 Å². The highest BCUT2D eigenvalue weighted by molar-refractivity contribution is 7.17. The maximum Gasteiger partial charge on any atom is 0.282 e. The average Bonchev–Trinajstić information content (AvgIpc) is 2.78. The maximum absolute atomic E-state index is 11.7. The number of aryl methyl sites for hydroxylation is 1. The largest absolute Gasteiger partial charge is 0.350 e. The molecule has 4 nitrogen and oxygen atoms in total. The maximum atomic E-state index is 11.7. The van der Waals surface area contributed by atoms with Gasteiger partial charge in [-0.3, -0.25) is 4.79 Å². The summed E-state index contributed by atoms with van der Waals surface area (Å²) in [5.74, 6) is -0.229. The van der Waals surface area contributed by atoms with E-state index in [1.54, 1.807) is 0 Å². The molecule has 1 amide bonds. The number of carbonyl (C=O) groups excluding carboxylic acids is 1. The molecule has 0 atom stereocenters. The summed E-state index contributed by atoms with van der Waals surface area (Å²) < 4.78 is 0.277. The first-order valence-electron chi connectivity index (χ1n) is 5.48. The summed E-state index contributed by atoms with van der Waals surface area (Å²) in [6, 6.07) is 8.11. The van der Waals surface area contributed by atoms with E-state index in [0.717, 1.165) is 17.8 Å². The van der Waals surface area contributed by atoms with Crippen LogP contribution in [-0.2, 0) is 6.42 Å². The first-order valence-corrected chi connectivity index (χ1v) is 6.68. The number of hydrogen-bond acceptors (Lipinski definition) is 4. The van der Waals surface area contributed by atoms with E-state index in [1.807, 2.05) is 12.1 Å². The zero-order valence-corrected chi connectivity index (χ0v) is 11.4. The highest BCUT2D eigenvalue weighted by atomic mass is 35.5. The summed E-state index contributed by atoms with van der Waals surface area (Å²) in [5.41, 5.74) is 2.46. The number of carbonyl (C=O) groups is 1. The van der Waals surface area contributed by atoms with Crippen LogP contribution in [-0.4, -0.2) is 22.6 Å². The fourth-order valence-corrected chi connectivity index (χ4v) is 2.32. The Morgan fingerprint density at radius 3 is 2.83 bits per heavy atom. The Morgan fingerprint density at radius 2 is 2.17 bits per heavy atom. The van der Waals surface area contributed by atoms with Gasteiger partial charge in [-0.2, -0.15) is 0 Å². The topological polar surface area (TPSA) is 54.9 Å². The van der Waals surface area contributed by atoms with Crippen molar-refractivity contribution in [3.8, 4) is 0 Å². The van der Waals surface area contributed by atoms with Crippen molar-refractivity contribution in [1.82, 2.24) is 15.5 Å². The first-order chi connectivity index (χ1) is 8.66. The van der Waals surface area contributed by atoms with E-state index in [9.17, 15) is 4.79 Å². The number of nitrogens with zero attached hydrogens (tertiary/aromatic N) is 2. The SMILES string of the molecule is Cc1ccccc1CCNC(=O)c1nnc(Cl)s1. The molecule has 0 unspecified atom stereocenters. The van der Waals surface area contributed by atoms with Crippen LogP contribution in [0, 0.1) is 6.92 Å². The lowest BCUT2D eigenvalue weighted by atomic mass is 10.1. The van der Waals surface area contributed by atoms with Crippen molar-refractivity contribution < 1.29 is 4.79 Å². The fraction of sp³-hybridized carbons (Fsp3) is 0.250. The molecule has 1 N–H and O–H groups in total. The van der Waals surface area contributed by atoms with E-state index >= 15 is 0 Å². The van der Waals surface area contributed by atoms with E-state index in [4.69, 9.17) is 11.6 Å². The van der Waals surface area contributed by atoms with E-state index in [-0.39, 0.29) is 10.4 Å². The van der Waals surface area contributed by atoms with Crippen LogP contribution in [0.4, 0.5) is 0 Å². The normalized spacial score (nSPS) is 10.3. The van der Waals surface area contributed by atoms with Crippen LogP contribution in [0.3, 0.4) is 0 Å². The third-order valence-electron chi connectivity index (χ3n) is 2.54. The molecule has 0 saturated carbocycles. The zero-order chi connectivity index (χ0) is 13.0. The van der Waals surface area contributed by atoms with Crippen molar-refractivity contribution in [2.24, 2.45) is 0 Å². The second kappa shape index (κ2) is 5.93.